The molecular weight excluding hydrogens is 356 g/mol. The molecule has 4 rings (SSSR count). The van der Waals surface area contributed by atoms with Crippen molar-refractivity contribution in [2.75, 3.05) is 39.9 Å². The van der Waals surface area contributed by atoms with Gasteiger partial charge in [-0.25, -0.2) is 0 Å². The zero-order chi connectivity index (χ0) is 19.4. The summed E-state index contributed by atoms with van der Waals surface area (Å²) in [7, 11) is 1.72. The summed E-state index contributed by atoms with van der Waals surface area (Å²) in [5.41, 5.74) is 0.295. The minimum absolute atomic E-state index is 0.295. The van der Waals surface area contributed by atoms with Gasteiger partial charge in [0.25, 0.3) is 0 Å². The van der Waals surface area contributed by atoms with Crippen molar-refractivity contribution in [1.82, 2.24) is 19.9 Å². The lowest BCUT2D eigenvalue weighted by molar-refractivity contribution is -0.139. The molecule has 3 fully saturated rings. The van der Waals surface area contributed by atoms with E-state index in [-0.39, 0.29) is 0 Å². The van der Waals surface area contributed by atoms with Gasteiger partial charge in [0.1, 0.15) is 0 Å². The topological polar surface area (TPSA) is 71.7 Å². The van der Waals surface area contributed by atoms with E-state index < -0.39 is 0 Å². The molecule has 1 saturated carbocycles. The molecule has 0 N–H and O–H groups in total. The average Bonchev–Trinajstić information content (AvgIpc) is 3.39. The summed E-state index contributed by atoms with van der Waals surface area (Å²) in [4.78, 5) is 21.5. The highest BCUT2D eigenvalue weighted by molar-refractivity contribution is 5.77. The van der Waals surface area contributed by atoms with Crippen molar-refractivity contribution in [2.24, 2.45) is 5.41 Å². The zero-order valence-electron chi connectivity index (χ0n) is 17.2. The minimum Gasteiger partial charge on any atom is -0.385 e. The number of rotatable bonds is 7. The van der Waals surface area contributed by atoms with Crippen molar-refractivity contribution >= 4 is 5.91 Å². The van der Waals surface area contributed by atoms with Crippen LogP contribution in [0.5, 0.6) is 0 Å². The normalized spacial score (nSPS) is 23.8. The Hall–Kier alpha value is -1.47. The fourth-order valence-corrected chi connectivity index (χ4v) is 5.17. The van der Waals surface area contributed by atoms with Gasteiger partial charge in [0, 0.05) is 39.1 Å². The number of aromatic nitrogens is 2. The molecule has 2 aliphatic heterocycles. The smallest absolute Gasteiger partial charge is 0.229 e. The second-order valence-electron chi connectivity index (χ2n) is 8.97. The Morgan fingerprint density at radius 2 is 2.00 bits per heavy atom. The van der Waals surface area contributed by atoms with Crippen molar-refractivity contribution in [3.8, 4) is 0 Å². The van der Waals surface area contributed by atoms with E-state index in [0.717, 1.165) is 76.7 Å². The molecular formula is C21H34N4O3. The van der Waals surface area contributed by atoms with E-state index >= 15 is 0 Å². The first-order valence-electron chi connectivity index (χ1n) is 11.0. The van der Waals surface area contributed by atoms with Crippen molar-refractivity contribution in [2.45, 2.75) is 70.3 Å². The van der Waals surface area contributed by atoms with Gasteiger partial charge in [-0.1, -0.05) is 18.0 Å². The van der Waals surface area contributed by atoms with Gasteiger partial charge in [0.2, 0.25) is 11.8 Å². The molecule has 2 saturated heterocycles. The predicted octanol–water partition coefficient (Wildman–Crippen LogP) is 2.97. The highest BCUT2D eigenvalue weighted by atomic mass is 16.5. The molecule has 1 amide bonds. The Bertz CT molecular complexity index is 648. The molecule has 1 aromatic heterocycles. The molecule has 3 heterocycles. The van der Waals surface area contributed by atoms with Crippen LogP contribution in [-0.4, -0.2) is 65.7 Å². The fourth-order valence-electron chi connectivity index (χ4n) is 5.17. The molecule has 1 aliphatic carbocycles. The second-order valence-corrected chi connectivity index (χ2v) is 8.97. The maximum absolute atomic E-state index is 12.3. The Kier molecular flexibility index (Phi) is 6.31. The van der Waals surface area contributed by atoms with Gasteiger partial charge in [-0.05, 0) is 57.0 Å². The number of piperidine rings is 2. The van der Waals surface area contributed by atoms with E-state index in [1.807, 2.05) is 0 Å². The quantitative estimate of drug-likeness (QED) is 0.667. The number of methoxy groups -OCH3 is 1. The van der Waals surface area contributed by atoms with Gasteiger partial charge in [-0.2, -0.15) is 4.98 Å². The van der Waals surface area contributed by atoms with Crippen LogP contribution in [0.25, 0.3) is 0 Å². The maximum Gasteiger partial charge on any atom is 0.229 e. The van der Waals surface area contributed by atoms with Crippen LogP contribution in [0.15, 0.2) is 4.52 Å². The first-order chi connectivity index (χ1) is 13.7. The van der Waals surface area contributed by atoms with E-state index in [1.165, 1.54) is 25.7 Å². The van der Waals surface area contributed by atoms with E-state index in [0.29, 0.717) is 23.7 Å². The minimum atomic E-state index is 0.295. The van der Waals surface area contributed by atoms with Crippen LogP contribution in [0, 0.1) is 5.41 Å². The van der Waals surface area contributed by atoms with Crippen molar-refractivity contribution < 1.29 is 14.1 Å². The molecule has 28 heavy (non-hydrogen) atoms. The molecule has 1 spiro atoms. The highest BCUT2D eigenvalue weighted by Gasteiger charge is 2.40. The molecule has 156 valence electrons. The van der Waals surface area contributed by atoms with Gasteiger partial charge in [-0.3, -0.25) is 9.69 Å². The summed E-state index contributed by atoms with van der Waals surface area (Å²) >= 11 is 0. The average molecular weight is 391 g/mol. The second kappa shape index (κ2) is 8.91. The van der Waals surface area contributed by atoms with Gasteiger partial charge in [0.15, 0.2) is 5.82 Å². The van der Waals surface area contributed by atoms with Crippen LogP contribution in [0.3, 0.4) is 0 Å². The first-order valence-corrected chi connectivity index (χ1v) is 11.0. The third-order valence-electron chi connectivity index (χ3n) is 6.99. The SMILES string of the molecule is COCCCN1CC2(CCC1=O)CCN(Cc1noc(C3CCCC3)n1)CC2. The fraction of sp³-hybridized carbons (Fsp3) is 0.857. The zero-order valence-corrected chi connectivity index (χ0v) is 17.2. The monoisotopic (exact) mass is 390 g/mol. The Morgan fingerprint density at radius 1 is 1.21 bits per heavy atom. The number of ether oxygens (including phenoxy) is 1. The summed E-state index contributed by atoms with van der Waals surface area (Å²) in [6.07, 6.45) is 9.88. The van der Waals surface area contributed by atoms with E-state index in [2.05, 4.69) is 19.9 Å². The van der Waals surface area contributed by atoms with Crippen molar-refractivity contribution in [1.29, 1.82) is 0 Å². The van der Waals surface area contributed by atoms with Crippen molar-refractivity contribution in [3.63, 3.8) is 0 Å². The number of carbonyl (C=O) groups is 1. The van der Waals surface area contributed by atoms with Crippen LogP contribution in [-0.2, 0) is 16.1 Å². The molecule has 7 nitrogen and oxygen atoms in total. The van der Waals surface area contributed by atoms with Crippen LogP contribution >= 0.6 is 0 Å². The van der Waals surface area contributed by atoms with Crippen LogP contribution in [0.2, 0.25) is 0 Å². The van der Waals surface area contributed by atoms with Gasteiger partial charge in [0.05, 0.1) is 6.54 Å². The predicted molar refractivity (Wildman–Crippen MR) is 105 cm³/mol. The molecule has 0 aromatic carbocycles. The lowest BCUT2D eigenvalue weighted by Gasteiger charge is -2.47. The molecule has 0 bridgehead atoms. The van der Waals surface area contributed by atoms with Gasteiger partial charge in [-0.15, -0.1) is 0 Å². The number of likely N-dealkylation sites (tertiary alicyclic amines) is 2. The number of hydrogen-bond donors (Lipinski definition) is 0. The summed E-state index contributed by atoms with van der Waals surface area (Å²) in [6, 6.07) is 0. The molecule has 1 aromatic rings. The number of nitrogens with zero attached hydrogens (tertiary/aromatic N) is 4. The third kappa shape index (κ3) is 4.57. The maximum atomic E-state index is 12.3. The highest BCUT2D eigenvalue weighted by Crippen LogP contribution is 2.40. The summed E-state index contributed by atoms with van der Waals surface area (Å²) in [6.45, 7) is 5.34. The summed E-state index contributed by atoms with van der Waals surface area (Å²) in [5, 5.41) is 4.23. The molecule has 0 radical (unpaired) electrons. The lowest BCUT2D eigenvalue weighted by atomic mass is 9.72. The number of amides is 1. The summed E-state index contributed by atoms with van der Waals surface area (Å²) < 4.78 is 10.7. The van der Waals surface area contributed by atoms with Crippen LogP contribution in [0.4, 0.5) is 0 Å². The van der Waals surface area contributed by atoms with Crippen molar-refractivity contribution in [3.05, 3.63) is 11.7 Å². The standard InChI is InChI=1S/C21H34N4O3/c1-27-14-4-11-25-16-21(8-7-19(25)26)9-12-24(13-10-21)15-18-22-20(28-23-18)17-5-2-3-6-17/h17H,2-16H2,1H3. The van der Waals surface area contributed by atoms with Gasteiger partial charge >= 0.3 is 0 Å². The summed E-state index contributed by atoms with van der Waals surface area (Å²) in [5.74, 6) is 2.47. The molecule has 7 heteroatoms. The van der Waals surface area contributed by atoms with E-state index in [1.54, 1.807) is 7.11 Å². The first kappa shape index (κ1) is 19.8. The number of hydrogen-bond acceptors (Lipinski definition) is 6. The Morgan fingerprint density at radius 3 is 2.75 bits per heavy atom. The molecule has 3 aliphatic rings. The number of carbonyl (C=O) groups excluding carboxylic acids is 1. The van der Waals surface area contributed by atoms with Crippen LogP contribution < -0.4 is 0 Å². The lowest BCUT2D eigenvalue weighted by Crippen LogP contribution is -2.51. The largest absolute Gasteiger partial charge is 0.385 e. The Labute approximate surface area is 167 Å². The van der Waals surface area contributed by atoms with E-state index in [9.17, 15) is 4.79 Å². The molecule has 0 atom stereocenters. The Balaban J connectivity index is 1.27. The van der Waals surface area contributed by atoms with Gasteiger partial charge < -0.3 is 14.2 Å². The van der Waals surface area contributed by atoms with E-state index in [4.69, 9.17) is 9.26 Å². The third-order valence-corrected chi connectivity index (χ3v) is 6.99. The molecule has 0 unspecified atom stereocenters. The van der Waals surface area contributed by atoms with Crippen LogP contribution in [0.1, 0.15) is 75.4 Å².